The molecule has 194 valence electrons. The van der Waals surface area contributed by atoms with Crippen LogP contribution >= 0.6 is 0 Å². The molecule has 0 spiro atoms. The average molecular weight is 519 g/mol. The lowest BCUT2D eigenvalue weighted by Gasteiger charge is -2.11. The number of amides is 2. The van der Waals surface area contributed by atoms with E-state index in [1.165, 1.54) is 6.26 Å². The van der Waals surface area contributed by atoms with Gasteiger partial charge in [-0.05, 0) is 54.6 Å². The highest BCUT2D eigenvalue weighted by Crippen LogP contribution is 2.25. The number of methoxy groups -OCH3 is 1. The summed E-state index contributed by atoms with van der Waals surface area (Å²) in [6.07, 6.45) is 5.00. The fourth-order valence-electron chi connectivity index (χ4n) is 3.95. The normalized spacial score (nSPS) is 11.2. The smallest absolute Gasteiger partial charge is 0.268 e. The molecule has 0 aliphatic carbocycles. The Bertz CT molecular complexity index is 1570. The molecule has 5 aromatic rings. The van der Waals surface area contributed by atoms with Gasteiger partial charge in [0.2, 0.25) is 0 Å². The standard InChI is InChI=1S/C31H26N4O4/c1-38-26-16-14-23(15-17-26)30(36)33-28(31(37)32-20-27-13-8-18-39-27)19-24-21-35(25-11-6-3-7-12-25)34-29(24)22-9-4-2-5-10-22/h2-19,21H,20H2,1H3,(H,32,37)(H,33,36)/b28-19+. The molecule has 2 aromatic heterocycles. The third-order valence-electron chi connectivity index (χ3n) is 5.96. The van der Waals surface area contributed by atoms with Crippen LogP contribution in [0, 0.1) is 0 Å². The number of nitrogens with one attached hydrogen (secondary N) is 2. The molecule has 0 saturated heterocycles. The maximum Gasteiger partial charge on any atom is 0.268 e. The monoisotopic (exact) mass is 518 g/mol. The molecular formula is C31H26N4O4. The number of ether oxygens (including phenoxy) is 1. The van der Waals surface area contributed by atoms with E-state index in [0.717, 1.165) is 11.3 Å². The van der Waals surface area contributed by atoms with E-state index in [9.17, 15) is 9.59 Å². The van der Waals surface area contributed by atoms with Crippen molar-refractivity contribution in [3.05, 3.63) is 132 Å². The third-order valence-corrected chi connectivity index (χ3v) is 5.96. The van der Waals surface area contributed by atoms with E-state index in [2.05, 4.69) is 10.6 Å². The molecule has 0 bridgehead atoms. The Labute approximate surface area is 225 Å². The summed E-state index contributed by atoms with van der Waals surface area (Å²) in [6.45, 7) is 0.163. The van der Waals surface area contributed by atoms with Crippen LogP contribution in [0.15, 0.2) is 120 Å². The lowest BCUT2D eigenvalue weighted by Crippen LogP contribution is -2.34. The van der Waals surface area contributed by atoms with Crippen LogP contribution in [0.5, 0.6) is 5.75 Å². The number of rotatable bonds is 9. The number of furan rings is 1. The largest absolute Gasteiger partial charge is 0.497 e. The van der Waals surface area contributed by atoms with Gasteiger partial charge < -0.3 is 19.8 Å². The fourth-order valence-corrected chi connectivity index (χ4v) is 3.95. The molecule has 39 heavy (non-hydrogen) atoms. The molecule has 0 unspecified atom stereocenters. The van der Waals surface area contributed by atoms with Crippen molar-refractivity contribution >= 4 is 17.9 Å². The number of carbonyl (C=O) groups excluding carboxylic acids is 2. The predicted octanol–water partition coefficient (Wildman–Crippen LogP) is 5.23. The summed E-state index contributed by atoms with van der Waals surface area (Å²) in [4.78, 5) is 26.5. The quantitative estimate of drug-likeness (QED) is 0.261. The number of para-hydroxylation sites is 1. The van der Waals surface area contributed by atoms with Gasteiger partial charge in [-0.2, -0.15) is 5.10 Å². The molecule has 0 atom stereocenters. The molecule has 8 nitrogen and oxygen atoms in total. The van der Waals surface area contributed by atoms with E-state index < -0.39 is 11.8 Å². The molecule has 0 fully saturated rings. The molecule has 5 rings (SSSR count). The van der Waals surface area contributed by atoms with Crippen LogP contribution in [0.2, 0.25) is 0 Å². The van der Waals surface area contributed by atoms with Crippen molar-refractivity contribution in [2.45, 2.75) is 6.54 Å². The molecule has 3 aromatic carbocycles. The van der Waals surface area contributed by atoms with Crippen LogP contribution in [0.3, 0.4) is 0 Å². The van der Waals surface area contributed by atoms with Gasteiger partial charge in [0.05, 0.1) is 25.6 Å². The van der Waals surface area contributed by atoms with Crippen molar-refractivity contribution in [3.63, 3.8) is 0 Å². The predicted molar refractivity (Wildman–Crippen MR) is 148 cm³/mol. The van der Waals surface area contributed by atoms with Gasteiger partial charge in [-0.15, -0.1) is 0 Å². The first kappa shape index (κ1) is 25.3. The van der Waals surface area contributed by atoms with Crippen molar-refractivity contribution in [2.24, 2.45) is 0 Å². The fraction of sp³-hybridized carbons (Fsp3) is 0.0645. The Morgan fingerprint density at radius 2 is 1.64 bits per heavy atom. The zero-order valence-electron chi connectivity index (χ0n) is 21.2. The van der Waals surface area contributed by atoms with Gasteiger partial charge in [0.25, 0.3) is 11.8 Å². The number of aromatic nitrogens is 2. The second-order valence-corrected chi connectivity index (χ2v) is 8.58. The Morgan fingerprint density at radius 1 is 0.923 bits per heavy atom. The van der Waals surface area contributed by atoms with Crippen LogP contribution in [0.4, 0.5) is 0 Å². The van der Waals surface area contributed by atoms with Crippen molar-refractivity contribution in [2.75, 3.05) is 7.11 Å². The number of hydrogen-bond donors (Lipinski definition) is 2. The third kappa shape index (κ3) is 6.14. The van der Waals surface area contributed by atoms with Gasteiger partial charge in [0.15, 0.2) is 0 Å². The molecular weight excluding hydrogens is 492 g/mol. The minimum Gasteiger partial charge on any atom is -0.497 e. The molecule has 2 heterocycles. The van der Waals surface area contributed by atoms with Gasteiger partial charge >= 0.3 is 0 Å². The minimum atomic E-state index is -0.472. The summed E-state index contributed by atoms with van der Waals surface area (Å²) in [5.74, 6) is 0.305. The SMILES string of the molecule is COc1ccc(C(=O)N/C(=C/c2cn(-c3ccccc3)nc2-c2ccccc2)C(=O)NCc2ccco2)cc1. The van der Waals surface area contributed by atoms with Crippen LogP contribution in [-0.4, -0.2) is 28.7 Å². The van der Waals surface area contributed by atoms with Crippen LogP contribution < -0.4 is 15.4 Å². The maximum absolute atomic E-state index is 13.4. The zero-order chi connectivity index (χ0) is 27.0. The Balaban J connectivity index is 1.53. The van der Waals surface area contributed by atoms with Crippen molar-refractivity contribution < 1.29 is 18.7 Å². The minimum absolute atomic E-state index is 0.0622. The zero-order valence-corrected chi connectivity index (χ0v) is 21.2. The summed E-state index contributed by atoms with van der Waals surface area (Å²) in [6, 6.07) is 29.5. The Kier molecular flexibility index (Phi) is 7.64. The first-order chi connectivity index (χ1) is 19.1. The first-order valence-corrected chi connectivity index (χ1v) is 12.3. The number of carbonyl (C=O) groups is 2. The molecule has 0 aliphatic heterocycles. The summed E-state index contributed by atoms with van der Waals surface area (Å²) in [5.41, 5.74) is 3.49. The summed E-state index contributed by atoms with van der Waals surface area (Å²) in [5, 5.41) is 10.4. The topological polar surface area (TPSA) is 98.4 Å². The van der Waals surface area contributed by atoms with Crippen LogP contribution in [0.25, 0.3) is 23.0 Å². The first-order valence-electron chi connectivity index (χ1n) is 12.3. The van der Waals surface area contributed by atoms with E-state index in [1.54, 1.807) is 54.3 Å². The summed E-state index contributed by atoms with van der Waals surface area (Å²) in [7, 11) is 1.55. The van der Waals surface area contributed by atoms with Gasteiger partial charge in [0.1, 0.15) is 22.9 Å². The van der Waals surface area contributed by atoms with E-state index >= 15 is 0 Å². The molecule has 2 N–H and O–H groups in total. The van der Waals surface area contributed by atoms with Gasteiger partial charge in [0, 0.05) is 22.9 Å². The maximum atomic E-state index is 13.4. The lowest BCUT2D eigenvalue weighted by atomic mass is 10.1. The van der Waals surface area contributed by atoms with E-state index in [1.807, 2.05) is 66.9 Å². The highest BCUT2D eigenvalue weighted by molar-refractivity contribution is 6.05. The lowest BCUT2D eigenvalue weighted by molar-refractivity contribution is -0.118. The number of hydrogen-bond acceptors (Lipinski definition) is 5. The average Bonchev–Trinajstić information content (AvgIpc) is 3.67. The van der Waals surface area contributed by atoms with Gasteiger partial charge in [-0.25, -0.2) is 4.68 Å². The van der Waals surface area contributed by atoms with Crippen molar-refractivity contribution in [3.8, 4) is 22.7 Å². The number of benzene rings is 3. The molecule has 2 amide bonds. The van der Waals surface area contributed by atoms with E-state index in [-0.39, 0.29) is 12.2 Å². The summed E-state index contributed by atoms with van der Waals surface area (Å²) >= 11 is 0. The van der Waals surface area contributed by atoms with Crippen molar-refractivity contribution in [1.29, 1.82) is 0 Å². The molecule has 0 aliphatic rings. The van der Waals surface area contributed by atoms with Gasteiger partial charge in [-0.1, -0.05) is 48.5 Å². The second kappa shape index (κ2) is 11.8. The van der Waals surface area contributed by atoms with E-state index in [0.29, 0.717) is 28.3 Å². The van der Waals surface area contributed by atoms with Crippen molar-refractivity contribution in [1.82, 2.24) is 20.4 Å². The Hall–Kier alpha value is -5.37. The molecule has 8 heteroatoms. The van der Waals surface area contributed by atoms with Crippen LogP contribution in [-0.2, 0) is 11.3 Å². The number of nitrogens with zero attached hydrogens (tertiary/aromatic N) is 2. The highest BCUT2D eigenvalue weighted by atomic mass is 16.5. The second-order valence-electron chi connectivity index (χ2n) is 8.58. The molecule has 0 saturated carbocycles. The highest BCUT2D eigenvalue weighted by Gasteiger charge is 2.18. The Morgan fingerprint density at radius 3 is 2.31 bits per heavy atom. The van der Waals surface area contributed by atoms with Gasteiger partial charge in [-0.3, -0.25) is 9.59 Å². The van der Waals surface area contributed by atoms with E-state index in [4.69, 9.17) is 14.3 Å². The summed E-state index contributed by atoms with van der Waals surface area (Å²) < 4.78 is 12.3. The van der Waals surface area contributed by atoms with Crippen LogP contribution in [0.1, 0.15) is 21.7 Å². The molecule has 0 radical (unpaired) electrons.